The van der Waals surface area contributed by atoms with Crippen molar-refractivity contribution in [2.45, 2.75) is 26.2 Å². The van der Waals surface area contributed by atoms with Gasteiger partial charge in [-0.3, -0.25) is 9.59 Å². The molecule has 21 heteroatoms. The first kappa shape index (κ1) is 92.5. The zero-order chi connectivity index (χ0) is 72.8. The third kappa shape index (κ3) is 37.6. The second kappa shape index (κ2) is 55.7. The number of pyridine rings is 3. The molecule has 0 unspecified atom stereocenters. The number of anilines is 6. The molecule has 1 saturated heterocycles. The highest BCUT2D eigenvalue weighted by Crippen LogP contribution is 2.27. The molecule has 0 saturated carbocycles. The fourth-order valence-electron chi connectivity index (χ4n) is 10.0. The molecule has 1 N–H and O–H groups in total. The van der Waals surface area contributed by atoms with Crippen LogP contribution in [0.2, 0.25) is 0 Å². The molecule has 4 heterocycles. The van der Waals surface area contributed by atoms with Crippen molar-refractivity contribution in [3.05, 3.63) is 270 Å². The van der Waals surface area contributed by atoms with Gasteiger partial charge >= 0.3 is 0 Å². The van der Waals surface area contributed by atoms with Gasteiger partial charge in [-0.2, -0.15) is 0 Å². The van der Waals surface area contributed by atoms with Crippen LogP contribution >= 0.6 is 64.8 Å². The summed E-state index contributed by atoms with van der Waals surface area (Å²) in [7, 11) is 30.5. The number of aryl methyl sites for hydroxylation is 4. The fourth-order valence-corrected chi connectivity index (χ4v) is 16.3. The van der Waals surface area contributed by atoms with Gasteiger partial charge in [0.1, 0.15) is 33.7 Å². The lowest BCUT2D eigenvalue weighted by atomic mass is 10.1. The Balaban J connectivity index is 0.000000381. The normalized spacial score (nSPS) is 11.2. The highest BCUT2D eigenvalue weighted by Gasteiger charge is 2.09. The summed E-state index contributed by atoms with van der Waals surface area (Å²) in [4.78, 5) is 35.1. The Kier molecular flexibility index (Phi) is 49.1. The summed E-state index contributed by atoms with van der Waals surface area (Å²) in [6.45, 7) is 10.7. The van der Waals surface area contributed by atoms with E-state index in [2.05, 4.69) is 288 Å². The molecule has 0 spiro atoms. The van der Waals surface area contributed by atoms with Crippen LogP contribution in [0.4, 0.5) is 34.1 Å². The van der Waals surface area contributed by atoms with E-state index >= 15 is 0 Å². The third-order valence-electron chi connectivity index (χ3n) is 16.9. The fraction of sp³-hybridized carbons (Fsp3) is 0.321. The monoisotopic (exact) mass is 1590 g/mol. The van der Waals surface area contributed by atoms with Crippen LogP contribution in [0.25, 0.3) is 24.3 Å². The molecule has 9 aromatic rings. The van der Waals surface area contributed by atoms with Gasteiger partial charge < -0.3 is 71.9 Å². The molecule has 1 fully saturated rings. The van der Waals surface area contributed by atoms with Gasteiger partial charge in [-0.25, -0.2) is 13.7 Å². The summed E-state index contributed by atoms with van der Waals surface area (Å²) >= 11 is 0. The lowest BCUT2D eigenvalue weighted by Gasteiger charge is -2.20. The number of halogens is 3. The Morgan fingerprint density at radius 3 is 0.800 bits per heavy atom. The number of nitrogens with one attached hydrogen (secondary N) is 1. The van der Waals surface area contributed by atoms with Crippen LogP contribution in [0, 0.1) is 6.92 Å². The summed E-state index contributed by atoms with van der Waals surface area (Å²) in [6, 6.07) is 72.6. The lowest BCUT2D eigenvalue weighted by molar-refractivity contribution is -0.677. The average Bonchev–Trinajstić information content (AvgIpc) is 0.910. The van der Waals surface area contributed by atoms with E-state index in [1.165, 1.54) is 83.3 Å². The van der Waals surface area contributed by atoms with Gasteiger partial charge in [0.05, 0.1) is 0 Å². The predicted molar refractivity (Wildman–Crippen MR) is 456 cm³/mol. The van der Waals surface area contributed by atoms with E-state index < -0.39 is 0 Å². The molecule has 12 nitrogen and oxygen atoms in total. The minimum absolute atomic E-state index is 0. The minimum atomic E-state index is 0. The number of nitrogens with zero attached hydrogens (tertiary/aromatic N) is 9. The molecule has 3 aromatic heterocycles. The van der Waals surface area contributed by atoms with E-state index in [4.69, 9.17) is 0 Å². The van der Waals surface area contributed by atoms with Gasteiger partial charge in [0.15, 0.2) is 24.3 Å². The van der Waals surface area contributed by atoms with Gasteiger partial charge in [0, 0.05) is 217 Å². The van der Waals surface area contributed by atoms with Crippen molar-refractivity contribution in [1.29, 1.82) is 0 Å². The maximum absolute atomic E-state index is 10.7. The summed E-state index contributed by atoms with van der Waals surface area (Å²) in [5, 5.41) is 3.28. The first-order valence-corrected chi connectivity index (χ1v) is 42.5. The van der Waals surface area contributed by atoms with E-state index in [0.29, 0.717) is 11.1 Å². The van der Waals surface area contributed by atoms with Crippen molar-refractivity contribution < 1.29 is 60.5 Å². The Labute approximate surface area is 672 Å². The number of piperidine rings is 1. The number of rotatable bonds is 33. The molecule has 105 heavy (non-hydrogen) atoms. The summed E-state index contributed by atoms with van der Waals surface area (Å²) < 4.78 is 6.32. The smallest absolute Gasteiger partial charge is 0.204 e. The topological polar surface area (TPSA) is 77.2 Å². The number of para-hydroxylation sites is 2. The molecule has 0 aliphatic carbocycles. The Bertz CT molecular complexity index is 3550. The quantitative estimate of drug-likeness (QED) is 0.0186. The standard InChI is InChI=1S/C34H40N4S2.C20H24N2O2S2.C18H24N2S2.C7H10N.C5H11N.3ClH/c1-35-23-7-5-9-31(35)17-11-29-13-19-33(20-14-29)37(3)25-27-39-40-28-26-38(4)34-21-15-30(16-22-34)12-18-32-10-6-8-24-36(32)2;1-21(19-7-3-17(15-23)4-8-19)11-13-25-26-14-12-22(2)20-9-5-18(16-24)6-10-20;1-19(17-9-5-3-6-10-17)13-15-21-22-16-14-20(2)18-11-7-4-8-12-18;1-7-5-3-4-6-8(7)2;1-2-4-6-5-3-1;;;/h5-24H,25-28H2,1-4H3;3-10,15-16H,11-14H2,1-2H3;3-12H,13-16H2,1-2H3;3-6H,1-2H3;6H,1-5H2;3*1H/q+2;;;+1;;;;/p-3. The van der Waals surface area contributed by atoms with Crippen LogP contribution in [-0.2, 0) is 21.1 Å². The second-order valence-electron chi connectivity index (χ2n) is 24.6. The molecule has 10 rings (SSSR count). The molecular weight excluding hydrogens is 1480 g/mol. The average molecular weight is 1590 g/mol. The number of carbonyl (C=O) groups excluding carboxylic acids is 2. The largest absolute Gasteiger partial charge is 1.00 e. The summed E-state index contributed by atoms with van der Waals surface area (Å²) in [5.41, 5.74) is 14.8. The molecule has 0 amide bonds. The van der Waals surface area contributed by atoms with Crippen molar-refractivity contribution >= 4 is 136 Å². The van der Waals surface area contributed by atoms with Crippen LogP contribution in [-0.4, -0.2) is 142 Å². The number of aldehydes is 2. The van der Waals surface area contributed by atoms with Crippen molar-refractivity contribution in [2.24, 2.45) is 21.1 Å². The van der Waals surface area contributed by atoms with E-state index in [-0.39, 0.29) is 37.2 Å². The SMILES string of the molecule is C1CCNCC1.CN(CCSSCCN(C)c1ccc(/C=C/c2cccc[n+]2C)cc1)c1ccc(/C=C/c2cccc[n+]2C)cc1.CN(CCSSCCN(C)c1ccc(C=O)cc1)c1ccc(C=O)cc1.CN(CCSSCCN(C)c1ccccc1)c1ccccc1.Cc1cccc[n+]1C.[Cl-].[Cl-].[Cl-]. The lowest BCUT2D eigenvalue weighted by Crippen LogP contribution is -3.00. The van der Waals surface area contributed by atoms with Crippen molar-refractivity contribution in [2.75, 3.05) is 159 Å². The van der Waals surface area contributed by atoms with Crippen LogP contribution in [0.5, 0.6) is 0 Å². The van der Waals surface area contributed by atoms with Gasteiger partial charge in [-0.05, 0) is 158 Å². The highest BCUT2D eigenvalue weighted by atomic mass is 35.5. The van der Waals surface area contributed by atoms with Crippen LogP contribution < -0.4 is 85.6 Å². The molecule has 564 valence electrons. The number of carbonyl (C=O) groups is 2. The van der Waals surface area contributed by atoms with E-state index in [1.54, 1.807) is 0 Å². The van der Waals surface area contributed by atoms with Crippen LogP contribution in [0.15, 0.2) is 231 Å². The predicted octanol–water partition coefficient (Wildman–Crippen LogP) is 8.13. The maximum atomic E-state index is 10.7. The Morgan fingerprint density at radius 2 is 0.571 bits per heavy atom. The maximum Gasteiger partial charge on any atom is 0.204 e. The van der Waals surface area contributed by atoms with Gasteiger partial charge in [-0.1, -0.05) is 138 Å². The second-order valence-corrected chi connectivity index (χ2v) is 32.7. The van der Waals surface area contributed by atoms with Gasteiger partial charge in [-0.15, -0.1) is 0 Å². The van der Waals surface area contributed by atoms with Gasteiger partial charge in [0.25, 0.3) is 0 Å². The first-order chi connectivity index (χ1) is 49.7. The molecule has 6 aromatic carbocycles. The number of hydrogen-bond acceptors (Lipinski definition) is 15. The van der Waals surface area contributed by atoms with Crippen LogP contribution in [0.1, 0.15) is 68.2 Å². The molecule has 0 radical (unpaired) electrons. The van der Waals surface area contributed by atoms with E-state index in [1.807, 2.05) is 151 Å². The molecule has 0 atom stereocenters. The molecule has 1 aliphatic heterocycles. The summed E-state index contributed by atoms with van der Waals surface area (Å²) in [6.07, 6.45) is 20.8. The van der Waals surface area contributed by atoms with Crippen LogP contribution in [0.3, 0.4) is 0 Å². The molecule has 0 bridgehead atoms. The number of aromatic nitrogens is 3. The van der Waals surface area contributed by atoms with Crippen molar-refractivity contribution in [3.8, 4) is 0 Å². The Morgan fingerprint density at radius 1 is 0.314 bits per heavy atom. The number of benzene rings is 6. The first-order valence-electron chi connectivity index (χ1n) is 35.0. The molecular formula is C84H109Cl3N10O2S6. The Hall–Kier alpha value is -6.68. The zero-order valence-electron chi connectivity index (χ0n) is 62.8. The third-order valence-corrected chi connectivity index (χ3v) is 24.0. The van der Waals surface area contributed by atoms with E-state index in [9.17, 15) is 9.59 Å². The van der Waals surface area contributed by atoms with Gasteiger partial charge in [0.2, 0.25) is 11.4 Å². The zero-order valence-corrected chi connectivity index (χ0v) is 70.0. The minimum Gasteiger partial charge on any atom is -1.00 e. The summed E-state index contributed by atoms with van der Waals surface area (Å²) in [5.74, 6) is 6.55. The number of hydrogen-bond donors (Lipinski definition) is 1. The molecule has 1 aliphatic rings. The van der Waals surface area contributed by atoms with E-state index in [0.717, 1.165) is 97.7 Å². The van der Waals surface area contributed by atoms with Crippen molar-refractivity contribution in [3.63, 3.8) is 0 Å². The van der Waals surface area contributed by atoms with Crippen molar-refractivity contribution in [1.82, 2.24) is 5.32 Å². The highest BCUT2D eigenvalue weighted by molar-refractivity contribution is 8.77.